The Labute approximate surface area is 151 Å². The number of ketones is 1. The molecule has 1 N–H and O–H groups in total. The first-order valence-corrected chi connectivity index (χ1v) is 8.89. The molecule has 0 amide bonds. The van der Waals surface area contributed by atoms with Crippen LogP contribution in [0.25, 0.3) is 5.70 Å². The summed E-state index contributed by atoms with van der Waals surface area (Å²) in [5.41, 5.74) is 5.32. The topological polar surface area (TPSA) is 29.1 Å². The molecule has 2 aromatic rings. The minimum atomic E-state index is -0.0590. The van der Waals surface area contributed by atoms with Gasteiger partial charge in [0.2, 0.25) is 0 Å². The van der Waals surface area contributed by atoms with Gasteiger partial charge in [-0.1, -0.05) is 69.3 Å². The quantitative estimate of drug-likeness (QED) is 0.609. The van der Waals surface area contributed by atoms with Gasteiger partial charge in [-0.2, -0.15) is 0 Å². The summed E-state index contributed by atoms with van der Waals surface area (Å²) in [5.74, 6) is 0.0375. The van der Waals surface area contributed by atoms with Gasteiger partial charge < -0.3 is 5.32 Å². The molecule has 0 atom stereocenters. The Morgan fingerprint density at radius 3 is 2.32 bits per heavy atom. The SMILES string of the molecule is CC1(C)Cc2ccccc2/C(=C/C(=O)c2ccc(C(C)(C)C)cc2)N1. The smallest absolute Gasteiger partial charge is 0.187 e. The van der Waals surface area contributed by atoms with Crippen LogP contribution in [-0.2, 0) is 11.8 Å². The third kappa shape index (κ3) is 3.84. The fraction of sp³-hybridized carbons (Fsp3) is 0.348. The Morgan fingerprint density at radius 2 is 1.68 bits per heavy atom. The maximum absolute atomic E-state index is 12.8. The van der Waals surface area contributed by atoms with Gasteiger partial charge in [-0.25, -0.2) is 0 Å². The van der Waals surface area contributed by atoms with Crippen molar-refractivity contribution in [3.63, 3.8) is 0 Å². The second-order valence-electron chi connectivity index (χ2n) is 8.59. The van der Waals surface area contributed by atoms with E-state index in [1.807, 2.05) is 18.2 Å². The third-order valence-electron chi connectivity index (χ3n) is 4.72. The van der Waals surface area contributed by atoms with E-state index in [0.717, 1.165) is 23.2 Å². The van der Waals surface area contributed by atoms with Crippen molar-refractivity contribution in [1.29, 1.82) is 0 Å². The standard InChI is InChI=1S/C23H27NO/c1-22(2,3)18-12-10-16(11-13-18)21(25)14-20-19-9-7-6-8-17(19)15-23(4,5)24-20/h6-14,24H,15H2,1-5H3/b20-14-. The Hall–Kier alpha value is -2.35. The molecule has 25 heavy (non-hydrogen) atoms. The van der Waals surface area contributed by atoms with Crippen molar-refractivity contribution in [2.75, 3.05) is 0 Å². The molecule has 0 unspecified atom stereocenters. The number of carbonyl (C=O) groups is 1. The van der Waals surface area contributed by atoms with Crippen molar-refractivity contribution >= 4 is 11.5 Å². The van der Waals surface area contributed by atoms with Crippen LogP contribution in [0.3, 0.4) is 0 Å². The van der Waals surface area contributed by atoms with Crippen molar-refractivity contribution in [1.82, 2.24) is 5.32 Å². The van der Waals surface area contributed by atoms with E-state index in [2.05, 4.69) is 70.3 Å². The monoisotopic (exact) mass is 333 g/mol. The van der Waals surface area contributed by atoms with Gasteiger partial charge in [0.15, 0.2) is 5.78 Å². The summed E-state index contributed by atoms with van der Waals surface area (Å²) in [5, 5.41) is 3.53. The van der Waals surface area contributed by atoms with Crippen LogP contribution in [0.15, 0.2) is 54.6 Å². The van der Waals surface area contributed by atoms with Crippen molar-refractivity contribution in [3.05, 3.63) is 76.9 Å². The van der Waals surface area contributed by atoms with Crippen LogP contribution in [0, 0.1) is 0 Å². The minimum absolute atomic E-state index is 0.0375. The zero-order valence-corrected chi connectivity index (χ0v) is 15.8. The lowest BCUT2D eigenvalue weighted by molar-refractivity contribution is 0.104. The summed E-state index contributed by atoms with van der Waals surface area (Å²) in [6.45, 7) is 10.9. The zero-order valence-electron chi connectivity index (χ0n) is 15.8. The molecule has 0 saturated heterocycles. The Bertz CT molecular complexity index is 820. The lowest BCUT2D eigenvalue weighted by Crippen LogP contribution is -2.43. The van der Waals surface area contributed by atoms with Gasteiger partial charge in [-0.05, 0) is 36.8 Å². The number of nitrogens with one attached hydrogen (secondary N) is 1. The lowest BCUT2D eigenvalue weighted by atomic mass is 9.85. The van der Waals surface area contributed by atoms with Crippen LogP contribution in [0.5, 0.6) is 0 Å². The third-order valence-corrected chi connectivity index (χ3v) is 4.72. The van der Waals surface area contributed by atoms with Gasteiger partial charge >= 0.3 is 0 Å². The van der Waals surface area contributed by atoms with Crippen molar-refractivity contribution < 1.29 is 4.79 Å². The molecular formula is C23H27NO. The van der Waals surface area contributed by atoms with E-state index in [9.17, 15) is 4.79 Å². The highest BCUT2D eigenvalue weighted by atomic mass is 16.1. The lowest BCUT2D eigenvalue weighted by Gasteiger charge is -2.35. The van der Waals surface area contributed by atoms with Gasteiger partial charge in [0, 0.05) is 28.4 Å². The first kappa shape index (κ1) is 17.5. The number of rotatable bonds is 2. The van der Waals surface area contributed by atoms with E-state index < -0.39 is 0 Å². The first-order chi connectivity index (χ1) is 11.7. The largest absolute Gasteiger partial charge is 0.379 e. The number of hydrogen-bond donors (Lipinski definition) is 1. The molecule has 3 rings (SSSR count). The molecule has 0 bridgehead atoms. The Balaban J connectivity index is 1.93. The maximum Gasteiger partial charge on any atom is 0.187 e. The van der Waals surface area contributed by atoms with Crippen LogP contribution in [0.2, 0.25) is 0 Å². The van der Waals surface area contributed by atoms with Crippen LogP contribution in [0.1, 0.15) is 61.7 Å². The van der Waals surface area contributed by atoms with E-state index in [1.165, 1.54) is 11.1 Å². The number of carbonyl (C=O) groups excluding carboxylic acids is 1. The maximum atomic E-state index is 12.8. The predicted molar refractivity (Wildman–Crippen MR) is 105 cm³/mol. The average molecular weight is 333 g/mol. The highest BCUT2D eigenvalue weighted by molar-refractivity contribution is 6.08. The van der Waals surface area contributed by atoms with Crippen molar-refractivity contribution in [2.24, 2.45) is 0 Å². The van der Waals surface area contributed by atoms with Gasteiger partial charge in [0.1, 0.15) is 0 Å². The molecule has 1 aliphatic heterocycles. The minimum Gasteiger partial charge on any atom is -0.379 e. The average Bonchev–Trinajstić information content (AvgIpc) is 2.53. The number of allylic oxidation sites excluding steroid dienone is 1. The molecule has 0 aliphatic carbocycles. The van der Waals surface area contributed by atoms with E-state index in [0.29, 0.717) is 0 Å². The second-order valence-corrected chi connectivity index (χ2v) is 8.59. The van der Waals surface area contributed by atoms with Crippen molar-refractivity contribution in [3.8, 4) is 0 Å². The van der Waals surface area contributed by atoms with Crippen LogP contribution in [-0.4, -0.2) is 11.3 Å². The van der Waals surface area contributed by atoms with E-state index in [-0.39, 0.29) is 16.7 Å². The molecular weight excluding hydrogens is 306 g/mol. The molecule has 2 aromatic carbocycles. The summed E-state index contributed by atoms with van der Waals surface area (Å²) >= 11 is 0. The van der Waals surface area contributed by atoms with Gasteiger partial charge in [-0.15, -0.1) is 0 Å². The van der Waals surface area contributed by atoms with Gasteiger partial charge in [-0.3, -0.25) is 4.79 Å². The van der Waals surface area contributed by atoms with E-state index in [1.54, 1.807) is 6.08 Å². The zero-order chi connectivity index (χ0) is 18.2. The molecule has 0 fully saturated rings. The van der Waals surface area contributed by atoms with E-state index >= 15 is 0 Å². The van der Waals surface area contributed by atoms with Crippen molar-refractivity contribution in [2.45, 2.75) is 52.0 Å². The fourth-order valence-corrected chi connectivity index (χ4v) is 3.35. The molecule has 1 heterocycles. The fourth-order valence-electron chi connectivity index (χ4n) is 3.35. The highest BCUT2D eigenvalue weighted by Gasteiger charge is 2.27. The van der Waals surface area contributed by atoms with Gasteiger partial charge in [0.25, 0.3) is 0 Å². The van der Waals surface area contributed by atoms with E-state index in [4.69, 9.17) is 0 Å². The first-order valence-electron chi connectivity index (χ1n) is 8.89. The highest BCUT2D eigenvalue weighted by Crippen LogP contribution is 2.30. The normalized spacial score (nSPS) is 17.7. The molecule has 130 valence electrons. The van der Waals surface area contributed by atoms with Gasteiger partial charge in [0.05, 0.1) is 0 Å². The number of fused-ring (bicyclic) bond motifs is 1. The molecule has 0 radical (unpaired) electrons. The Morgan fingerprint density at radius 1 is 1.04 bits per heavy atom. The summed E-state index contributed by atoms with van der Waals surface area (Å²) in [7, 11) is 0. The summed E-state index contributed by atoms with van der Waals surface area (Å²) in [4.78, 5) is 12.8. The number of benzene rings is 2. The summed E-state index contributed by atoms with van der Waals surface area (Å²) < 4.78 is 0. The predicted octanol–water partition coefficient (Wildman–Crippen LogP) is 5.13. The Kier molecular flexibility index (Phi) is 4.32. The molecule has 0 spiro atoms. The molecule has 2 nitrogen and oxygen atoms in total. The molecule has 2 heteroatoms. The number of hydrogen-bond acceptors (Lipinski definition) is 2. The second kappa shape index (κ2) is 6.18. The summed E-state index contributed by atoms with van der Waals surface area (Å²) in [6.07, 6.45) is 2.70. The van der Waals surface area contributed by atoms with Crippen LogP contribution in [0.4, 0.5) is 0 Å². The molecule has 0 aromatic heterocycles. The van der Waals surface area contributed by atoms with Crippen LogP contribution >= 0.6 is 0 Å². The molecule has 0 saturated carbocycles. The molecule has 1 aliphatic rings. The van der Waals surface area contributed by atoms with Crippen LogP contribution < -0.4 is 5.32 Å². The summed E-state index contributed by atoms with van der Waals surface area (Å²) in [6, 6.07) is 16.3.